The quantitative estimate of drug-likeness (QED) is 0.540. The standard InChI is InChI=1S/C19H22Cl2O5/c1-19(10-24-18(23)14-7-6-13(20)9-15(14)21)17(25-11-22)8-12-4-2-3-5-16(12)26-19/h6-7,9,11-12,16-17H,2-5,8,10H2,1H3/t12-,16+,17+,19-/m0/s1. The second-order valence-electron chi connectivity index (χ2n) is 7.17. The van der Waals surface area contributed by atoms with Crippen LogP contribution in [0.5, 0.6) is 0 Å². The van der Waals surface area contributed by atoms with Crippen LogP contribution in [-0.2, 0) is 19.0 Å². The lowest BCUT2D eigenvalue weighted by atomic mass is 9.76. The lowest BCUT2D eigenvalue weighted by Gasteiger charge is -2.48. The Bertz CT molecular complexity index is 680. The van der Waals surface area contributed by atoms with Crippen LogP contribution in [0, 0.1) is 5.92 Å². The van der Waals surface area contributed by atoms with Crippen molar-refractivity contribution in [3.8, 4) is 0 Å². The minimum atomic E-state index is -0.881. The number of carbonyl (C=O) groups excluding carboxylic acids is 2. The molecule has 2 aliphatic rings. The number of rotatable bonds is 5. The Balaban J connectivity index is 1.70. The van der Waals surface area contributed by atoms with E-state index < -0.39 is 17.7 Å². The Morgan fingerprint density at radius 2 is 2.12 bits per heavy atom. The molecule has 0 aromatic heterocycles. The topological polar surface area (TPSA) is 61.8 Å². The Hall–Kier alpha value is -1.30. The van der Waals surface area contributed by atoms with E-state index >= 15 is 0 Å². The number of carbonyl (C=O) groups is 2. The molecule has 0 amide bonds. The number of fused-ring (bicyclic) bond motifs is 1. The maximum absolute atomic E-state index is 12.4. The van der Waals surface area contributed by atoms with Gasteiger partial charge in [-0.25, -0.2) is 4.79 Å². The van der Waals surface area contributed by atoms with E-state index in [0.717, 1.165) is 25.7 Å². The second-order valence-corrected chi connectivity index (χ2v) is 8.01. The zero-order chi connectivity index (χ0) is 18.7. The molecule has 7 heteroatoms. The molecular weight excluding hydrogens is 379 g/mol. The molecule has 0 bridgehead atoms. The van der Waals surface area contributed by atoms with Crippen LogP contribution >= 0.6 is 23.2 Å². The highest BCUT2D eigenvalue weighted by atomic mass is 35.5. The lowest BCUT2D eigenvalue weighted by molar-refractivity contribution is -0.229. The zero-order valence-electron chi connectivity index (χ0n) is 14.6. The van der Waals surface area contributed by atoms with Crippen molar-refractivity contribution in [3.05, 3.63) is 33.8 Å². The van der Waals surface area contributed by atoms with Gasteiger partial charge in [-0.05, 0) is 50.3 Å². The molecule has 26 heavy (non-hydrogen) atoms. The molecular formula is C19H22Cl2O5. The predicted molar refractivity (Wildman–Crippen MR) is 97.5 cm³/mol. The predicted octanol–water partition coefficient (Wildman–Crippen LogP) is 4.43. The van der Waals surface area contributed by atoms with E-state index in [0.29, 0.717) is 17.4 Å². The summed E-state index contributed by atoms with van der Waals surface area (Å²) in [5.41, 5.74) is -0.646. The van der Waals surface area contributed by atoms with Crippen LogP contribution in [-0.4, -0.2) is 36.9 Å². The Labute approximate surface area is 162 Å². The lowest BCUT2D eigenvalue weighted by Crippen LogP contribution is -2.57. The van der Waals surface area contributed by atoms with Gasteiger partial charge in [-0.15, -0.1) is 0 Å². The van der Waals surface area contributed by atoms with Crippen molar-refractivity contribution in [2.45, 2.75) is 56.8 Å². The summed E-state index contributed by atoms with van der Waals surface area (Å²) in [6.45, 7) is 2.24. The fourth-order valence-electron chi connectivity index (χ4n) is 3.88. The van der Waals surface area contributed by atoms with Gasteiger partial charge in [0.05, 0.1) is 16.7 Å². The van der Waals surface area contributed by atoms with Crippen molar-refractivity contribution < 1.29 is 23.8 Å². The molecule has 1 aliphatic carbocycles. The van der Waals surface area contributed by atoms with Gasteiger partial charge < -0.3 is 14.2 Å². The average Bonchev–Trinajstić information content (AvgIpc) is 2.61. The molecule has 1 saturated heterocycles. The first kappa shape index (κ1) is 19.5. The molecule has 142 valence electrons. The van der Waals surface area contributed by atoms with E-state index in [1.807, 2.05) is 6.92 Å². The van der Waals surface area contributed by atoms with Gasteiger partial charge in [0.25, 0.3) is 6.47 Å². The van der Waals surface area contributed by atoms with E-state index in [1.165, 1.54) is 18.6 Å². The highest BCUT2D eigenvalue weighted by molar-refractivity contribution is 6.36. The second kappa shape index (κ2) is 8.15. The van der Waals surface area contributed by atoms with Crippen molar-refractivity contribution in [2.24, 2.45) is 5.92 Å². The van der Waals surface area contributed by atoms with Crippen LogP contribution in [0.15, 0.2) is 18.2 Å². The maximum Gasteiger partial charge on any atom is 0.339 e. The minimum Gasteiger partial charge on any atom is -0.461 e. The third-order valence-electron chi connectivity index (χ3n) is 5.32. The van der Waals surface area contributed by atoms with E-state index in [-0.39, 0.29) is 23.3 Å². The number of esters is 1. The monoisotopic (exact) mass is 400 g/mol. The van der Waals surface area contributed by atoms with Crippen LogP contribution in [0.25, 0.3) is 0 Å². The molecule has 0 radical (unpaired) electrons. The first-order valence-corrected chi connectivity index (χ1v) is 9.57. The molecule has 1 saturated carbocycles. The van der Waals surface area contributed by atoms with Crippen molar-refractivity contribution in [1.82, 2.24) is 0 Å². The molecule has 4 atom stereocenters. The molecule has 1 aromatic rings. The molecule has 0 N–H and O–H groups in total. The van der Waals surface area contributed by atoms with E-state index in [1.54, 1.807) is 6.07 Å². The summed E-state index contributed by atoms with van der Waals surface area (Å²) in [6, 6.07) is 4.59. The first-order chi connectivity index (χ1) is 12.4. The fourth-order valence-corrected chi connectivity index (χ4v) is 4.37. The smallest absolute Gasteiger partial charge is 0.339 e. The Morgan fingerprint density at radius 1 is 1.35 bits per heavy atom. The molecule has 5 nitrogen and oxygen atoms in total. The van der Waals surface area contributed by atoms with Crippen molar-refractivity contribution in [2.75, 3.05) is 6.61 Å². The first-order valence-electron chi connectivity index (χ1n) is 8.82. The molecule has 0 unspecified atom stereocenters. The molecule has 2 fully saturated rings. The van der Waals surface area contributed by atoms with Gasteiger partial charge in [-0.3, -0.25) is 4.79 Å². The van der Waals surface area contributed by atoms with E-state index in [4.69, 9.17) is 37.4 Å². The summed E-state index contributed by atoms with van der Waals surface area (Å²) >= 11 is 11.9. The number of halogens is 2. The Morgan fingerprint density at radius 3 is 2.85 bits per heavy atom. The van der Waals surface area contributed by atoms with Gasteiger partial charge in [0, 0.05) is 5.02 Å². The third kappa shape index (κ3) is 4.16. The van der Waals surface area contributed by atoms with Crippen LogP contribution in [0.2, 0.25) is 10.0 Å². The van der Waals surface area contributed by atoms with Crippen molar-refractivity contribution in [3.63, 3.8) is 0 Å². The van der Waals surface area contributed by atoms with E-state index in [9.17, 15) is 9.59 Å². The molecule has 1 heterocycles. The minimum absolute atomic E-state index is 0.0213. The third-order valence-corrected chi connectivity index (χ3v) is 5.87. The summed E-state index contributed by atoms with van der Waals surface area (Å²) < 4.78 is 17.0. The average molecular weight is 401 g/mol. The van der Waals surface area contributed by atoms with Crippen LogP contribution in [0.4, 0.5) is 0 Å². The number of ether oxygens (including phenoxy) is 3. The Kier molecular flexibility index (Phi) is 6.10. The van der Waals surface area contributed by atoms with Crippen LogP contribution in [0.1, 0.15) is 49.4 Å². The summed E-state index contributed by atoms with van der Waals surface area (Å²) in [5, 5.41) is 0.669. The highest BCUT2D eigenvalue weighted by Gasteiger charge is 2.48. The van der Waals surface area contributed by atoms with Gasteiger partial charge >= 0.3 is 5.97 Å². The SMILES string of the molecule is C[C@@]1(COC(=O)c2ccc(Cl)cc2Cl)O[C@@H]2CCCC[C@H]2C[C@H]1OC=O. The molecule has 0 spiro atoms. The summed E-state index contributed by atoms with van der Waals surface area (Å²) in [6.07, 6.45) is 4.71. The van der Waals surface area contributed by atoms with E-state index in [2.05, 4.69) is 0 Å². The molecule has 1 aromatic carbocycles. The largest absolute Gasteiger partial charge is 0.461 e. The normalized spacial score (nSPS) is 31.0. The number of hydrogen-bond acceptors (Lipinski definition) is 5. The van der Waals surface area contributed by atoms with Crippen LogP contribution < -0.4 is 0 Å². The molecule has 1 aliphatic heterocycles. The maximum atomic E-state index is 12.4. The number of hydrogen-bond donors (Lipinski definition) is 0. The van der Waals surface area contributed by atoms with Gasteiger partial charge in [0.1, 0.15) is 18.3 Å². The summed E-state index contributed by atoms with van der Waals surface area (Å²) in [7, 11) is 0. The highest BCUT2D eigenvalue weighted by Crippen LogP contribution is 2.41. The van der Waals surface area contributed by atoms with Crippen molar-refractivity contribution in [1.29, 1.82) is 0 Å². The number of benzene rings is 1. The fraction of sp³-hybridized carbons (Fsp3) is 0.579. The summed E-state index contributed by atoms with van der Waals surface area (Å²) in [4.78, 5) is 23.3. The van der Waals surface area contributed by atoms with Crippen LogP contribution in [0.3, 0.4) is 0 Å². The van der Waals surface area contributed by atoms with Gasteiger partial charge in [-0.1, -0.05) is 36.0 Å². The van der Waals surface area contributed by atoms with Gasteiger partial charge in [0.15, 0.2) is 0 Å². The summed E-state index contributed by atoms with van der Waals surface area (Å²) in [5.74, 6) is -0.185. The van der Waals surface area contributed by atoms with Gasteiger partial charge in [0.2, 0.25) is 0 Å². The van der Waals surface area contributed by atoms with Gasteiger partial charge in [-0.2, -0.15) is 0 Å². The zero-order valence-corrected chi connectivity index (χ0v) is 16.1. The molecule has 3 rings (SSSR count). The van der Waals surface area contributed by atoms with Crippen molar-refractivity contribution >= 4 is 35.6 Å².